The van der Waals surface area contributed by atoms with E-state index in [2.05, 4.69) is 5.32 Å². The van der Waals surface area contributed by atoms with Crippen LogP contribution < -0.4 is 10.1 Å². The summed E-state index contributed by atoms with van der Waals surface area (Å²) in [7, 11) is 1.50. The van der Waals surface area contributed by atoms with Crippen LogP contribution in [-0.4, -0.2) is 24.8 Å². The fraction of sp³-hybridized carbons (Fsp3) is 0.500. The van der Waals surface area contributed by atoms with E-state index in [-0.39, 0.29) is 6.04 Å². The van der Waals surface area contributed by atoms with Gasteiger partial charge in [-0.25, -0.2) is 0 Å². The van der Waals surface area contributed by atoms with Crippen LogP contribution in [0.1, 0.15) is 48.0 Å². The molecule has 1 aromatic rings. The summed E-state index contributed by atoms with van der Waals surface area (Å²) in [5.41, 5.74) is 1.26. The lowest BCUT2D eigenvalue weighted by molar-refractivity contribution is -0.117. The number of ketones is 1. The number of benzene rings is 1. The molecule has 1 amide bonds. The molecule has 0 aromatic heterocycles. The Hall–Kier alpha value is -1.84. The number of rotatable bonds is 4. The first-order valence-corrected chi connectivity index (χ1v) is 7.11. The van der Waals surface area contributed by atoms with Crippen LogP contribution >= 0.6 is 0 Å². The first-order valence-electron chi connectivity index (χ1n) is 7.11. The van der Waals surface area contributed by atoms with Gasteiger partial charge in [0.05, 0.1) is 12.7 Å². The normalized spacial score (nSPS) is 15.7. The third-order valence-corrected chi connectivity index (χ3v) is 3.75. The second-order valence-electron chi connectivity index (χ2n) is 5.34. The predicted octanol–water partition coefficient (Wildman–Crippen LogP) is 2.64. The molecule has 20 heavy (non-hydrogen) atoms. The zero-order valence-corrected chi connectivity index (χ0v) is 12.1. The molecule has 0 spiro atoms. The van der Waals surface area contributed by atoms with Gasteiger partial charge in [0.25, 0.3) is 11.7 Å². The number of hydrogen-bond acceptors (Lipinski definition) is 3. The summed E-state index contributed by atoms with van der Waals surface area (Å²) < 4.78 is 5.16. The number of Topliss-reactive ketones (excluding diaryl/α,β-unsaturated/α-hetero) is 1. The summed E-state index contributed by atoms with van der Waals surface area (Å²) >= 11 is 0. The van der Waals surface area contributed by atoms with Crippen molar-refractivity contribution < 1.29 is 14.3 Å². The first-order chi connectivity index (χ1) is 9.61. The standard InChI is InChI=1S/C16H21NO3/c1-11-8-9-14(20-2)13(10-11)15(18)16(19)17-12-6-4-3-5-7-12/h8-10,12H,3-7H2,1-2H3,(H,17,19). The Kier molecular flexibility index (Phi) is 4.77. The van der Waals surface area contributed by atoms with Gasteiger partial charge in [-0.2, -0.15) is 0 Å². The molecule has 1 saturated carbocycles. The highest BCUT2D eigenvalue weighted by molar-refractivity contribution is 6.43. The molecule has 1 aliphatic carbocycles. The van der Waals surface area contributed by atoms with Crippen LogP contribution in [0.15, 0.2) is 18.2 Å². The molecule has 1 fully saturated rings. The van der Waals surface area contributed by atoms with E-state index in [0.29, 0.717) is 11.3 Å². The van der Waals surface area contributed by atoms with Gasteiger partial charge in [-0.05, 0) is 31.9 Å². The number of hydrogen-bond donors (Lipinski definition) is 1. The molecule has 0 aliphatic heterocycles. The summed E-state index contributed by atoms with van der Waals surface area (Å²) in [6, 6.07) is 5.41. The average molecular weight is 275 g/mol. The molecule has 1 N–H and O–H groups in total. The van der Waals surface area contributed by atoms with Crippen molar-refractivity contribution in [3.63, 3.8) is 0 Å². The van der Waals surface area contributed by atoms with Gasteiger partial charge in [0.15, 0.2) is 0 Å². The molecule has 0 unspecified atom stereocenters. The summed E-state index contributed by atoms with van der Waals surface area (Å²) in [4.78, 5) is 24.3. The van der Waals surface area contributed by atoms with Crippen molar-refractivity contribution in [2.24, 2.45) is 0 Å². The van der Waals surface area contributed by atoms with E-state index in [1.165, 1.54) is 13.5 Å². The van der Waals surface area contributed by atoms with Gasteiger partial charge in [-0.1, -0.05) is 30.9 Å². The molecule has 1 aliphatic rings. The highest BCUT2D eigenvalue weighted by Crippen LogP contribution is 2.21. The van der Waals surface area contributed by atoms with Gasteiger partial charge in [-0.3, -0.25) is 9.59 Å². The van der Waals surface area contributed by atoms with E-state index in [0.717, 1.165) is 31.2 Å². The summed E-state index contributed by atoms with van der Waals surface area (Å²) in [5.74, 6) is -0.601. The lowest BCUT2D eigenvalue weighted by Crippen LogP contribution is -2.40. The zero-order valence-electron chi connectivity index (χ0n) is 12.1. The second kappa shape index (κ2) is 6.55. The van der Waals surface area contributed by atoms with Gasteiger partial charge in [-0.15, -0.1) is 0 Å². The highest BCUT2D eigenvalue weighted by atomic mass is 16.5. The fourth-order valence-corrected chi connectivity index (χ4v) is 2.62. The van der Waals surface area contributed by atoms with Crippen molar-refractivity contribution in [2.75, 3.05) is 7.11 Å². The predicted molar refractivity (Wildman–Crippen MR) is 77.1 cm³/mol. The molecule has 0 bridgehead atoms. The van der Waals surface area contributed by atoms with Crippen LogP contribution in [0.3, 0.4) is 0 Å². The van der Waals surface area contributed by atoms with Crippen LogP contribution in [0.4, 0.5) is 0 Å². The van der Waals surface area contributed by atoms with Crippen LogP contribution in [0.5, 0.6) is 5.75 Å². The Morgan fingerprint density at radius 3 is 2.55 bits per heavy atom. The third-order valence-electron chi connectivity index (χ3n) is 3.75. The SMILES string of the molecule is COc1ccc(C)cc1C(=O)C(=O)NC1CCCCC1. The number of amides is 1. The van der Waals surface area contributed by atoms with Crippen molar-refractivity contribution in [1.29, 1.82) is 0 Å². The highest BCUT2D eigenvalue weighted by Gasteiger charge is 2.23. The molecule has 0 saturated heterocycles. The van der Waals surface area contributed by atoms with Crippen LogP contribution in [-0.2, 0) is 4.79 Å². The number of ether oxygens (including phenoxy) is 1. The van der Waals surface area contributed by atoms with Gasteiger partial charge in [0, 0.05) is 6.04 Å². The van der Waals surface area contributed by atoms with Crippen LogP contribution in [0.2, 0.25) is 0 Å². The molecule has 108 valence electrons. The van der Waals surface area contributed by atoms with E-state index in [4.69, 9.17) is 4.74 Å². The Morgan fingerprint density at radius 1 is 1.20 bits per heavy atom. The van der Waals surface area contributed by atoms with Gasteiger partial charge < -0.3 is 10.1 Å². The minimum Gasteiger partial charge on any atom is -0.496 e. The molecule has 4 nitrogen and oxygen atoms in total. The number of carbonyl (C=O) groups excluding carboxylic acids is 2. The molecule has 2 rings (SSSR count). The largest absolute Gasteiger partial charge is 0.496 e. The lowest BCUT2D eigenvalue weighted by atomic mass is 9.95. The quantitative estimate of drug-likeness (QED) is 0.679. The van der Waals surface area contributed by atoms with Crippen molar-refractivity contribution >= 4 is 11.7 Å². The Morgan fingerprint density at radius 2 is 1.90 bits per heavy atom. The van der Waals surface area contributed by atoms with E-state index in [1.54, 1.807) is 12.1 Å². The van der Waals surface area contributed by atoms with Crippen molar-refractivity contribution in [3.05, 3.63) is 29.3 Å². The Labute approximate surface area is 119 Å². The topological polar surface area (TPSA) is 55.4 Å². The molecule has 1 aromatic carbocycles. The number of methoxy groups -OCH3 is 1. The molecule has 0 atom stereocenters. The van der Waals surface area contributed by atoms with Gasteiger partial charge in [0.2, 0.25) is 0 Å². The van der Waals surface area contributed by atoms with E-state index in [9.17, 15) is 9.59 Å². The van der Waals surface area contributed by atoms with E-state index in [1.807, 2.05) is 13.0 Å². The second-order valence-corrected chi connectivity index (χ2v) is 5.34. The van der Waals surface area contributed by atoms with Crippen molar-refractivity contribution in [3.8, 4) is 5.75 Å². The van der Waals surface area contributed by atoms with Crippen molar-refractivity contribution in [1.82, 2.24) is 5.32 Å². The maximum atomic E-state index is 12.3. The van der Waals surface area contributed by atoms with Crippen LogP contribution in [0.25, 0.3) is 0 Å². The maximum absolute atomic E-state index is 12.3. The molecule has 0 radical (unpaired) electrons. The summed E-state index contributed by atoms with van der Waals surface area (Å²) in [5, 5.41) is 2.84. The Balaban J connectivity index is 2.09. The summed E-state index contributed by atoms with van der Waals surface area (Å²) in [6.45, 7) is 1.88. The van der Waals surface area contributed by atoms with Gasteiger partial charge >= 0.3 is 0 Å². The van der Waals surface area contributed by atoms with Gasteiger partial charge in [0.1, 0.15) is 5.75 Å². The Bertz CT molecular complexity index is 504. The molecule has 0 heterocycles. The molecular formula is C16H21NO3. The zero-order chi connectivity index (χ0) is 14.5. The fourth-order valence-electron chi connectivity index (χ4n) is 2.62. The summed E-state index contributed by atoms with van der Waals surface area (Å²) in [6.07, 6.45) is 5.37. The first kappa shape index (κ1) is 14.6. The lowest BCUT2D eigenvalue weighted by Gasteiger charge is -2.22. The smallest absolute Gasteiger partial charge is 0.292 e. The average Bonchev–Trinajstić information content (AvgIpc) is 2.47. The number of aryl methyl sites for hydroxylation is 1. The monoisotopic (exact) mass is 275 g/mol. The minimum absolute atomic E-state index is 0.135. The van der Waals surface area contributed by atoms with Crippen molar-refractivity contribution in [2.45, 2.75) is 45.1 Å². The van der Waals surface area contributed by atoms with Crippen LogP contribution in [0, 0.1) is 6.92 Å². The van der Waals surface area contributed by atoms with E-state index < -0.39 is 11.7 Å². The molecular weight excluding hydrogens is 254 g/mol. The molecule has 4 heteroatoms. The third kappa shape index (κ3) is 3.38. The minimum atomic E-state index is -0.527. The maximum Gasteiger partial charge on any atom is 0.292 e. The van der Waals surface area contributed by atoms with E-state index >= 15 is 0 Å². The number of carbonyl (C=O) groups is 2. The number of nitrogens with one attached hydrogen (secondary N) is 1.